The van der Waals surface area contributed by atoms with Crippen molar-refractivity contribution in [3.63, 3.8) is 0 Å². The van der Waals surface area contributed by atoms with Gasteiger partial charge in [-0.25, -0.2) is 0 Å². The molecular formula is C8H10N2O6. The van der Waals surface area contributed by atoms with Crippen LogP contribution >= 0.6 is 0 Å². The zero-order chi connectivity index (χ0) is 12.3. The highest BCUT2D eigenvalue weighted by atomic mass is 16.6. The number of hydrogen-bond acceptors (Lipinski definition) is 6. The second-order valence-corrected chi connectivity index (χ2v) is 3.00. The largest absolute Gasteiger partial charge is 0.432 e. The molecule has 0 aromatic carbocycles. The van der Waals surface area contributed by atoms with Crippen molar-refractivity contribution < 1.29 is 28.7 Å². The van der Waals surface area contributed by atoms with E-state index in [0.29, 0.717) is 0 Å². The lowest BCUT2D eigenvalue weighted by Crippen LogP contribution is -2.63. The van der Waals surface area contributed by atoms with Crippen molar-refractivity contribution in [2.75, 3.05) is 0 Å². The molecule has 0 radical (unpaired) electrons. The van der Waals surface area contributed by atoms with Crippen molar-refractivity contribution in [2.45, 2.75) is 26.3 Å². The number of amides is 2. The second kappa shape index (κ2) is 4.60. The lowest BCUT2D eigenvalue weighted by atomic mass is 10.3. The van der Waals surface area contributed by atoms with Gasteiger partial charge in [0.25, 0.3) is 24.3 Å². The number of carbonyl (C=O) groups excluding carboxylic acids is 4. The summed E-state index contributed by atoms with van der Waals surface area (Å²) >= 11 is 0. The third-order valence-electron chi connectivity index (χ3n) is 1.59. The van der Waals surface area contributed by atoms with E-state index in [1.807, 2.05) is 0 Å². The summed E-state index contributed by atoms with van der Waals surface area (Å²) in [5, 5.41) is 4.16. The number of carbonyl (C=O) groups is 4. The third-order valence-corrected chi connectivity index (χ3v) is 1.59. The van der Waals surface area contributed by atoms with Crippen LogP contribution in [0.2, 0.25) is 0 Å². The molecule has 0 aliphatic carbocycles. The molecule has 2 amide bonds. The van der Waals surface area contributed by atoms with Gasteiger partial charge >= 0.3 is 11.9 Å². The molecule has 88 valence electrons. The maximum absolute atomic E-state index is 11.3. The van der Waals surface area contributed by atoms with Crippen LogP contribution < -0.4 is 10.6 Å². The van der Waals surface area contributed by atoms with Crippen molar-refractivity contribution in [2.24, 2.45) is 0 Å². The van der Waals surface area contributed by atoms with E-state index < -0.39 is 36.2 Å². The van der Waals surface area contributed by atoms with Crippen LogP contribution in [0.4, 0.5) is 0 Å². The van der Waals surface area contributed by atoms with Crippen LogP contribution in [0.25, 0.3) is 0 Å². The van der Waals surface area contributed by atoms with Gasteiger partial charge in [0.15, 0.2) is 0 Å². The van der Waals surface area contributed by atoms with Gasteiger partial charge in [0, 0.05) is 13.8 Å². The van der Waals surface area contributed by atoms with Gasteiger partial charge in [-0.2, -0.15) is 0 Å². The average molecular weight is 230 g/mol. The molecule has 16 heavy (non-hydrogen) atoms. The fourth-order valence-corrected chi connectivity index (χ4v) is 1.04. The van der Waals surface area contributed by atoms with Crippen molar-refractivity contribution in [1.82, 2.24) is 10.6 Å². The number of esters is 2. The molecule has 1 heterocycles. The standard InChI is InChI=1S/C8H10N2O6/c1-3(11)15-7-5(13)10-8(6(14)9-7)16-4(2)12/h7-8H,1-2H3,(H,9,14)(H,10,13). The quantitative estimate of drug-likeness (QED) is 0.531. The Morgan fingerprint density at radius 3 is 1.50 bits per heavy atom. The minimum absolute atomic E-state index is 0.716. The predicted molar refractivity (Wildman–Crippen MR) is 47.4 cm³/mol. The summed E-state index contributed by atoms with van der Waals surface area (Å²) in [6.45, 7) is 2.19. The van der Waals surface area contributed by atoms with E-state index in [1.165, 1.54) is 0 Å². The summed E-state index contributed by atoms with van der Waals surface area (Å²) < 4.78 is 9.01. The van der Waals surface area contributed by atoms with Gasteiger partial charge in [0.05, 0.1) is 0 Å². The first-order chi connectivity index (χ1) is 7.40. The first-order valence-electron chi connectivity index (χ1n) is 4.35. The van der Waals surface area contributed by atoms with Gasteiger partial charge in [0.2, 0.25) is 0 Å². The third kappa shape index (κ3) is 2.94. The van der Waals surface area contributed by atoms with Crippen molar-refractivity contribution in [3.05, 3.63) is 0 Å². The minimum atomic E-state index is -1.39. The van der Waals surface area contributed by atoms with Crippen LogP contribution in [0, 0.1) is 0 Å². The SMILES string of the molecule is CC(=O)OC1NC(=O)C(OC(C)=O)NC1=O. The van der Waals surface area contributed by atoms with Gasteiger partial charge in [-0.1, -0.05) is 0 Å². The Hall–Kier alpha value is -2.12. The van der Waals surface area contributed by atoms with E-state index >= 15 is 0 Å². The molecule has 1 aliphatic rings. The summed E-state index contributed by atoms with van der Waals surface area (Å²) in [6.07, 6.45) is -2.78. The zero-order valence-corrected chi connectivity index (χ0v) is 8.60. The van der Waals surface area contributed by atoms with Crippen molar-refractivity contribution >= 4 is 23.8 Å². The normalized spacial score (nSPS) is 24.1. The number of nitrogens with one attached hydrogen (secondary N) is 2. The first-order valence-corrected chi connectivity index (χ1v) is 4.35. The molecule has 8 heteroatoms. The Morgan fingerprint density at radius 1 is 0.938 bits per heavy atom. The summed E-state index contributed by atoms with van der Waals surface area (Å²) in [6, 6.07) is 0. The molecule has 2 unspecified atom stereocenters. The summed E-state index contributed by atoms with van der Waals surface area (Å²) in [5.74, 6) is -2.96. The van der Waals surface area contributed by atoms with Gasteiger partial charge in [0.1, 0.15) is 0 Å². The summed E-state index contributed by atoms with van der Waals surface area (Å²) in [7, 11) is 0. The summed E-state index contributed by atoms with van der Waals surface area (Å²) in [5.41, 5.74) is 0. The highest BCUT2D eigenvalue weighted by Gasteiger charge is 2.37. The van der Waals surface area contributed by atoms with Crippen LogP contribution in [0.1, 0.15) is 13.8 Å². The maximum Gasteiger partial charge on any atom is 0.304 e. The van der Waals surface area contributed by atoms with Gasteiger partial charge < -0.3 is 20.1 Å². The van der Waals surface area contributed by atoms with Crippen LogP contribution in [0.5, 0.6) is 0 Å². The minimum Gasteiger partial charge on any atom is -0.432 e. The van der Waals surface area contributed by atoms with E-state index in [0.717, 1.165) is 13.8 Å². The maximum atomic E-state index is 11.3. The molecule has 0 aromatic rings. The van der Waals surface area contributed by atoms with E-state index in [-0.39, 0.29) is 0 Å². The van der Waals surface area contributed by atoms with E-state index in [4.69, 9.17) is 0 Å². The van der Waals surface area contributed by atoms with Crippen LogP contribution in [-0.2, 0) is 28.7 Å². The van der Waals surface area contributed by atoms with E-state index in [1.54, 1.807) is 0 Å². The lowest BCUT2D eigenvalue weighted by Gasteiger charge is -2.27. The molecule has 0 spiro atoms. The lowest BCUT2D eigenvalue weighted by molar-refractivity contribution is -0.172. The van der Waals surface area contributed by atoms with Gasteiger partial charge in [-0.15, -0.1) is 0 Å². The Kier molecular flexibility index (Phi) is 3.44. The Morgan fingerprint density at radius 2 is 1.25 bits per heavy atom. The molecule has 2 atom stereocenters. The number of rotatable bonds is 2. The molecule has 1 rings (SSSR count). The molecule has 1 saturated heterocycles. The highest BCUT2D eigenvalue weighted by molar-refractivity contribution is 5.96. The fraction of sp³-hybridized carbons (Fsp3) is 0.500. The molecule has 8 nitrogen and oxygen atoms in total. The fourth-order valence-electron chi connectivity index (χ4n) is 1.04. The molecule has 1 aliphatic heterocycles. The van der Waals surface area contributed by atoms with E-state index in [2.05, 4.69) is 20.1 Å². The molecular weight excluding hydrogens is 220 g/mol. The van der Waals surface area contributed by atoms with Crippen LogP contribution in [0.15, 0.2) is 0 Å². The smallest absolute Gasteiger partial charge is 0.304 e. The van der Waals surface area contributed by atoms with Crippen molar-refractivity contribution in [3.8, 4) is 0 Å². The van der Waals surface area contributed by atoms with Gasteiger partial charge in [-0.3, -0.25) is 19.2 Å². The molecule has 1 fully saturated rings. The summed E-state index contributed by atoms with van der Waals surface area (Å²) in [4.78, 5) is 43.7. The second-order valence-electron chi connectivity index (χ2n) is 3.00. The number of hydrogen-bond donors (Lipinski definition) is 2. The number of ether oxygens (including phenoxy) is 2. The Labute approximate surface area is 90.3 Å². The predicted octanol–water partition coefficient (Wildman–Crippen LogP) is -1.99. The molecule has 0 aromatic heterocycles. The van der Waals surface area contributed by atoms with Gasteiger partial charge in [-0.05, 0) is 0 Å². The monoisotopic (exact) mass is 230 g/mol. The van der Waals surface area contributed by atoms with Crippen LogP contribution in [-0.4, -0.2) is 36.2 Å². The molecule has 0 saturated carbocycles. The average Bonchev–Trinajstić information content (AvgIpc) is 2.11. The first kappa shape index (κ1) is 12.0. The number of piperazine rings is 1. The Balaban J connectivity index is 2.63. The highest BCUT2D eigenvalue weighted by Crippen LogP contribution is 2.01. The van der Waals surface area contributed by atoms with Crippen LogP contribution in [0.3, 0.4) is 0 Å². The van der Waals surface area contributed by atoms with Crippen molar-refractivity contribution in [1.29, 1.82) is 0 Å². The Bertz CT molecular complexity index is 318. The zero-order valence-electron chi connectivity index (χ0n) is 8.60. The topological polar surface area (TPSA) is 111 Å². The van der Waals surface area contributed by atoms with E-state index in [9.17, 15) is 19.2 Å². The molecule has 0 bridgehead atoms. The molecule has 2 N–H and O–H groups in total.